The van der Waals surface area contributed by atoms with Gasteiger partial charge in [-0.15, -0.1) is 0 Å². The molecule has 2 aromatic rings. The Morgan fingerprint density at radius 3 is 2.26 bits per heavy atom. The Bertz CT molecular complexity index is 567. The first kappa shape index (κ1) is 13.9. The normalized spacial score (nSPS) is 12.1. The van der Waals surface area contributed by atoms with Crippen LogP contribution in [0.2, 0.25) is 0 Å². The highest BCUT2D eigenvalue weighted by molar-refractivity contribution is 5.84. The van der Waals surface area contributed by atoms with Crippen LogP contribution in [0.25, 0.3) is 10.8 Å². The van der Waals surface area contributed by atoms with Crippen LogP contribution < -0.4 is 4.74 Å². The lowest BCUT2D eigenvalue weighted by molar-refractivity contribution is 0.105. The van der Waals surface area contributed by atoms with Gasteiger partial charge in [-0.05, 0) is 54.7 Å². The van der Waals surface area contributed by atoms with Gasteiger partial charge in [0.15, 0.2) is 0 Å². The molecule has 2 rings (SSSR count). The second-order valence-electron chi connectivity index (χ2n) is 6.14. The zero-order valence-corrected chi connectivity index (χ0v) is 12.7. The van der Waals surface area contributed by atoms with Crippen molar-refractivity contribution in [2.75, 3.05) is 0 Å². The summed E-state index contributed by atoms with van der Waals surface area (Å²) < 4.78 is 6.04. The summed E-state index contributed by atoms with van der Waals surface area (Å²) >= 11 is 0. The lowest BCUT2D eigenvalue weighted by Crippen LogP contribution is -2.26. The van der Waals surface area contributed by atoms with Crippen molar-refractivity contribution in [3.8, 4) is 5.75 Å². The molecule has 0 spiro atoms. The van der Waals surface area contributed by atoms with Crippen molar-refractivity contribution < 1.29 is 4.74 Å². The van der Waals surface area contributed by atoms with Gasteiger partial charge in [0.2, 0.25) is 0 Å². The molecule has 0 aliphatic carbocycles. The van der Waals surface area contributed by atoms with Crippen LogP contribution in [0.5, 0.6) is 5.75 Å². The van der Waals surface area contributed by atoms with Crippen molar-refractivity contribution >= 4 is 10.8 Å². The summed E-state index contributed by atoms with van der Waals surface area (Å²) in [5.41, 5.74) is 1.28. The lowest BCUT2D eigenvalue weighted by Gasteiger charge is -2.25. The number of ether oxygens (including phenoxy) is 1. The molecule has 0 fully saturated rings. The van der Waals surface area contributed by atoms with Crippen molar-refractivity contribution in [3.05, 3.63) is 42.0 Å². The summed E-state index contributed by atoms with van der Waals surface area (Å²) in [7, 11) is 0. The first-order valence-corrected chi connectivity index (χ1v) is 7.14. The second-order valence-corrected chi connectivity index (χ2v) is 6.14. The molecular formula is C18H24O. The molecular weight excluding hydrogens is 232 g/mol. The third-order valence-electron chi connectivity index (χ3n) is 3.75. The number of benzene rings is 2. The summed E-state index contributed by atoms with van der Waals surface area (Å²) in [6, 6.07) is 13.0. The molecule has 2 aromatic carbocycles. The van der Waals surface area contributed by atoms with Gasteiger partial charge in [0.05, 0.1) is 0 Å². The van der Waals surface area contributed by atoms with Crippen LogP contribution in [0.4, 0.5) is 0 Å². The van der Waals surface area contributed by atoms with Gasteiger partial charge >= 0.3 is 0 Å². The molecule has 0 saturated heterocycles. The monoisotopic (exact) mass is 256 g/mol. The van der Waals surface area contributed by atoms with Gasteiger partial charge < -0.3 is 4.74 Å². The first-order chi connectivity index (χ1) is 8.91. The molecule has 0 amide bonds. The van der Waals surface area contributed by atoms with Gasteiger partial charge in [0.1, 0.15) is 11.4 Å². The van der Waals surface area contributed by atoms with Crippen molar-refractivity contribution in [3.63, 3.8) is 0 Å². The maximum atomic E-state index is 6.04. The second kappa shape index (κ2) is 5.24. The smallest absolute Gasteiger partial charge is 0.120 e. The van der Waals surface area contributed by atoms with E-state index in [-0.39, 0.29) is 5.60 Å². The predicted molar refractivity (Wildman–Crippen MR) is 83.0 cm³/mol. The molecule has 0 heterocycles. The molecule has 0 saturated carbocycles. The van der Waals surface area contributed by atoms with Gasteiger partial charge in [-0.25, -0.2) is 0 Å². The van der Waals surface area contributed by atoms with Crippen LogP contribution in [0, 0.1) is 0 Å². The SMILES string of the molecule is CCC(C)(C)Oc1ccc2cc(C(C)C)ccc2c1. The van der Waals surface area contributed by atoms with E-state index in [1.54, 1.807) is 0 Å². The quantitative estimate of drug-likeness (QED) is 0.698. The number of fused-ring (bicyclic) bond motifs is 1. The number of rotatable bonds is 4. The van der Waals surface area contributed by atoms with Crippen LogP contribution in [-0.2, 0) is 0 Å². The molecule has 1 heteroatoms. The molecule has 1 nitrogen and oxygen atoms in total. The topological polar surface area (TPSA) is 9.23 Å². The van der Waals surface area contributed by atoms with Gasteiger partial charge in [0, 0.05) is 0 Å². The Labute approximate surface area is 116 Å². The fourth-order valence-corrected chi connectivity index (χ4v) is 2.06. The van der Waals surface area contributed by atoms with Crippen LogP contribution in [0.15, 0.2) is 36.4 Å². The van der Waals surface area contributed by atoms with E-state index in [0.717, 1.165) is 12.2 Å². The lowest BCUT2D eigenvalue weighted by atomic mass is 9.99. The Hall–Kier alpha value is -1.50. The highest BCUT2D eigenvalue weighted by Gasteiger charge is 2.16. The number of hydrogen-bond donors (Lipinski definition) is 0. The van der Waals surface area contributed by atoms with E-state index in [2.05, 4.69) is 71.0 Å². The highest BCUT2D eigenvalue weighted by Crippen LogP contribution is 2.27. The van der Waals surface area contributed by atoms with Crippen LogP contribution in [0.1, 0.15) is 52.5 Å². The molecule has 0 atom stereocenters. The largest absolute Gasteiger partial charge is 0.488 e. The number of hydrogen-bond acceptors (Lipinski definition) is 1. The minimum atomic E-state index is -0.106. The Balaban J connectivity index is 2.34. The summed E-state index contributed by atoms with van der Waals surface area (Å²) in [4.78, 5) is 0. The van der Waals surface area contributed by atoms with Crippen molar-refractivity contribution in [2.24, 2.45) is 0 Å². The Morgan fingerprint density at radius 1 is 1.00 bits per heavy atom. The summed E-state index contributed by atoms with van der Waals surface area (Å²) in [5, 5.41) is 2.53. The average molecular weight is 256 g/mol. The summed E-state index contributed by atoms with van der Waals surface area (Å²) in [5.74, 6) is 1.52. The van der Waals surface area contributed by atoms with E-state index in [4.69, 9.17) is 4.74 Å². The van der Waals surface area contributed by atoms with E-state index < -0.39 is 0 Å². The first-order valence-electron chi connectivity index (χ1n) is 7.14. The molecule has 19 heavy (non-hydrogen) atoms. The van der Waals surface area contributed by atoms with Crippen LogP contribution >= 0.6 is 0 Å². The van der Waals surface area contributed by atoms with Crippen LogP contribution in [0.3, 0.4) is 0 Å². The molecule has 102 valence electrons. The van der Waals surface area contributed by atoms with E-state index in [1.807, 2.05) is 0 Å². The van der Waals surface area contributed by atoms with Gasteiger partial charge in [-0.2, -0.15) is 0 Å². The van der Waals surface area contributed by atoms with Crippen molar-refractivity contribution in [1.29, 1.82) is 0 Å². The molecule has 0 aliphatic rings. The van der Waals surface area contributed by atoms with Gasteiger partial charge in [-0.3, -0.25) is 0 Å². The van der Waals surface area contributed by atoms with E-state index in [1.165, 1.54) is 16.3 Å². The highest BCUT2D eigenvalue weighted by atomic mass is 16.5. The molecule has 0 aromatic heterocycles. The molecule has 0 unspecified atom stereocenters. The van der Waals surface area contributed by atoms with E-state index in [0.29, 0.717) is 5.92 Å². The van der Waals surface area contributed by atoms with Gasteiger partial charge in [0.25, 0.3) is 0 Å². The minimum Gasteiger partial charge on any atom is -0.488 e. The minimum absolute atomic E-state index is 0.106. The van der Waals surface area contributed by atoms with Crippen LogP contribution in [-0.4, -0.2) is 5.60 Å². The Kier molecular flexibility index (Phi) is 3.84. The third kappa shape index (κ3) is 3.28. The maximum Gasteiger partial charge on any atom is 0.120 e. The zero-order valence-electron chi connectivity index (χ0n) is 12.7. The standard InChI is InChI=1S/C18H24O/c1-6-18(4,5)19-17-10-9-15-11-14(13(2)3)7-8-16(15)12-17/h7-13H,6H2,1-5H3. The average Bonchev–Trinajstić information content (AvgIpc) is 2.37. The predicted octanol–water partition coefficient (Wildman–Crippen LogP) is 5.53. The van der Waals surface area contributed by atoms with Gasteiger partial charge in [-0.1, -0.05) is 45.0 Å². The molecule has 0 N–H and O–H groups in total. The Morgan fingerprint density at radius 2 is 1.63 bits per heavy atom. The fraction of sp³-hybridized carbons (Fsp3) is 0.444. The van der Waals surface area contributed by atoms with E-state index in [9.17, 15) is 0 Å². The summed E-state index contributed by atoms with van der Waals surface area (Å²) in [6.07, 6.45) is 0.997. The third-order valence-corrected chi connectivity index (χ3v) is 3.75. The summed E-state index contributed by atoms with van der Waals surface area (Å²) in [6.45, 7) is 10.8. The zero-order chi connectivity index (χ0) is 14.0. The maximum absolute atomic E-state index is 6.04. The molecule has 0 bridgehead atoms. The molecule has 0 aliphatic heterocycles. The van der Waals surface area contributed by atoms with Crippen molar-refractivity contribution in [1.82, 2.24) is 0 Å². The fourth-order valence-electron chi connectivity index (χ4n) is 2.06. The van der Waals surface area contributed by atoms with E-state index >= 15 is 0 Å². The molecule has 0 radical (unpaired) electrons. The van der Waals surface area contributed by atoms with Crippen molar-refractivity contribution in [2.45, 2.75) is 52.6 Å².